The van der Waals surface area contributed by atoms with E-state index in [1.165, 1.54) is 6.07 Å². The van der Waals surface area contributed by atoms with E-state index in [0.29, 0.717) is 10.3 Å². The zero-order chi connectivity index (χ0) is 8.43. The van der Waals surface area contributed by atoms with Crippen LogP contribution in [0.4, 0.5) is 10.2 Å². The summed E-state index contributed by atoms with van der Waals surface area (Å²) in [6, 6.07) is 3.08. The first-order chi connectivity index (χ1) is 5.09. The quantitative estimate of drug-likeness (QED) is 0.672. The Morgan fingerprint density at radius 2 is 2.09 bits per heavy atom. The van der Waals surface area contributed by atoms with Gasteiger partial charge in [0.2, 0.25) is 5.95 Å². The Kier molecular flexibility index (Phi) is 2.44. The molecule has 0 bridgehead atoms. The molecule has 1 rings (SSSR count). The van der Waals surface area contributed by atoms with Crippen molar-refractivity contribution in [3.8, 4) is 0 Å². The standard InChI is InChI=1S/C7H8BrFN2/c1-11(2)7-4-5(8)3-6(9)10-7/h3-4H,1-2H3. The number of pyridine rings is 1. The molecule has 11 heavy (non-hydrogen) atoms. The monoisotopic (exact) mass is 218 g/mol. The second kappa shape index (κ2) is 3.17. The largest absolute Gasteiger partial charge is 0.363 e. The highest BCUT2D eigenvalue weighted by atomic mass is 79.9. The summed E-state index contributed by atoms with van der Waals surface area (Å²) in [7, 11) is 3.63. The highest BCUT2D eigenvalue weighted by Crippen LogP contribution is 2.16. The van der Waals surface area contributed by atoms with Gasteiger partial charge in [0.1, 0.15) is 5.82 Å². The molecule has 0 amide bonds. The molecular formula is C7H8BrFN2. The van der Waals surface area contributed by atoms with Gasteiger partial charge in [-0.15, -0.1) is 0 Å². The van der Waals surface area contributed by atoms with Gasteiger partial charge in [0, 0.05) is 24.6 Å². The van der Waals surface area contributed by atoms with E-state index in [0.717, 1.165) is 0 Å². The SMILES string of the molecule is CN(C)c1cc(Br)cc(F)n1. The minimum absolute atomic E-state index is 0.469. The van der Waals surface area contributed by atoms with Crippen molar-refractivity contribution < 1.29 is 4.39 Å². The maximum Gasteiger partial charge on any atom is 0.215 e. The van der Waals surface area contributed by atoms with E-state index in [9.17, 15) is 4.39 Å². The highest BCUT2D eigenvalue weighted by molar-refractivity contribution is 9.10. The van der Waals surface area contributed by atoms with Gasteiger partial charge < -0.3 is 4.90 Å². The van der Waals surface area contributed by atoms with Crippen molar-refractivity contribution in [1.82, 2.24) is 4.98 Å². The smallest absolute Gasteiger partial charge is 0.215 e. The van der Waals surface area contributed by atoms with Crippen LogP contribution in [-0.2, 0) is 0 Å². The van der Waals surface area contributed by atoms with Crippen molar-refractivity contribution in [2.75, 3.05) is 19.0 Å². The molecule has 0 saturated heterocycles. The third-order valence-electron chi connectivity index (χ3n) is 1.20. The van der Waals surface area contributed by atoms with Crippen molar-refractivity contribution in [2.24, 2.45) is 0 Å². The fraction of sp³-hybridized carbons (Fsp3) is 0.286. The summed E-state index contributed by atoms with van der Waals surface area (Å²) in [5.74, 6) is 0.139. The molecule has 0 saturated carbocycles. The maximum atomic E-state index is 12.6. The zero-order valence-electron chi connectivity index (χ0n) is 6.31. The van der Waals surface area contributed by atoms with Gasteiger partial charge in [-0.2, -0.15) is 4.39 Å². The molecule has 1 aromatic heterocycles. The Bertz CT molecular complexity index is 242. The molecule has 4 heteroatoms. The molecule has 0 fully saturated rings. The normalized spacial score (nSPS) is 9.82. The van der Waals surface area contributed by atoms with Crippen LogP contribution in [0, 0.1) is 5.95 Å². The first-order valence-corrected chi connectivity index (χ1v) is 3.89. The predicted molar refractivity (Wildman–Crippen MR) is 46.2 cm³/mol. The Morgan fingerprint density at radius 3 is 2.55 bits per heavy atom. The molecule has 60 valence electrons. The molecule has 0 N–H and O–H groups in total. The summed E-state index contributed by atoms with van der Waals surface area (Å²) in [5.41, 5.74) is 0. The van der Waals surface area contributed by atoms with Crippen LogP contribution in [0.1, 0.15) is 0 Å². The molecule has 0 aliphatic heterocycles. The van der Waals surface area contributed by atoms with Gasteiger partial charge in [0.15, 0.2) is 0 Å². The minimum atomic E-state index is -0.469. The van der Waals surface area contributed by atoms with Gasteiger partial charge in [-0.1, -0.05) is 15.9 Å². The fourth-order valence-electron chi connectivity index (χ4n) is 0.682. The summed E-state index contributed by atoms with van der Waals surface area (Å²) in [4.78, 5) is 5.41. The van der Waals surface area contributed by atoms with E-state index in [2.05, 4.69) is 20.9 Å². The van der Waals surface area contributed by atoms with Crippen LogP contribution in [0.3, 0.4) is 0 Å². The maximum absolute atomic E-state index is 12.6. The summed E-state index contributed by atoms with van der Waals surface area (Å²) in [6.45, 7) is 0. The van der Waals surface area contributed by atoms with Crippen LogP contribution < -0.4 is 4.90 Å². The highest BCUT2D eigenvalue weighted by Gasteiger charge is 2.00. The lowest BCUT2D eigenvalue weighted by Gasteiger charge is -2.10. The van der Waals surface area contributed by atoms with Crippen molar-refractivity contribution in [3.05, 3.63) is 22.6 Å². The van der Waals surface area contributed by atoms with Crippen LogP contribution >= 0.6 is 15.9 Å². The van der Waals surface area contributed by atoms with Crippen LogP contribution in [0.15, 0.2) is 16.6 Å². The number of halogens is 2. The third-order valence-corrected chi connectivity index (χ3v) is 1.66. The second-order valence-electron chi connectivity index (χ2n) is 2.36. The summed E-state index contributed by atoms with van der Waals surface area (Å²) >= 11 is 3.17. The molecule has 0 atom stereocenters. The van der Waals surface area contributed by atoms with Gasteiger partial charge in [0.05, 0.1) is 0 Å². The minimum Gasteiger partial charge on any atom is -0.363 e. The Morgan fingerprint density at radius 1 is 1.45 bits per heavy atom. The number of nitrogens with zero attached hydrogens (tertiary/aromatic N) is 2. The van der Waals surface area contributed by atoms with Crippen LogP contribution in [0.2, 0.25) is 0 Å². The van der Waals surface area contributed by atoms with E-state index in [-0.39, 0.29) is 0 Å². The molecule has 0 unspecified atom stereocenters. The first kappa shape index (κ1) is 8.46. The summed E-state index contributed by atoms with van der Waals surface area (Å²) < 4.78 is 13.3. The molecule has 0 radical (unpaired) electrons. The number of hydrogen-bond acceptors (Lipinski definition) is 2. The van der Waals surface area contributed by atoms with E-state index < -0.39 is 5.95 Å². The average Bonchev–Trinajstić information content (AvgIpc) is 1.85. The third kappa shape index (κ3) is 2.15. The van der Waals surface area contributed by atoms with Gasteiger partial charge in [-0.05, 0) is 6.07 Å². The summed E-state index contributed by atoms with van der Waals surface area (Å²) in [6.07, 6.45) is 0. The van der Waals surface area contributed by atoms with Crippen molar-refractivity contribution >= 4 is 21.7 Å². The van der Waals surface area contributed by atoms with E-state index in [1.807, 2.05) is 14.1 Å². The number of hydrogen-bond donors (Lipinski definition) is 0. The van der Waals surface area contributed by atoms with E-state index in [4.69, 9.17) is 0 Å². The summed E-state index contributed by atoms with van der Waals surface area (Å²) in [5, 5.41) is 0. The molecular weight excluding hydrogens is 211 g/mol. The average molecular weight is 219 g/mol. The molecule has 1 heterocycles. The molecule has 0 aromatic carbocycles. The topological polar surface area (TPSA) is 16.1 Å². The molecule has 0 spiro atoms. The number of anilines is 1. The molecule has 2 nitrogen and oxygen atoms in total. The predicted octanol–water partition coefficient (Wildman–Crippen LogP) is 2.05. The molecule has 0 aliphatic carbocycles. The van der Waals surface area contributed by atoms with Crippen LogP contribution in [-0.4, -0.2) is 19.1 Å². The van der Waals surface area contributed by atoms with Gasteiger partial charge in [-0.3, -0.25) is 0 Å². The number of aromatic nitrogens is 1. The van der Waals surface area contributed by atoms with Crippen molar-refractivity contribution in [2.45, 2.75) is 0 Å². The zero-order valence-corrected chi connectivity index (χ0v) is 7.89. The van der Waals surface area contributed by atoms with Crippen molar-refractivity contribution in [1.29, 1.82) is 0 Å². The number of rotatable bonds is 1. The Hall–Kier alpha value is -0.640. The first-order valence-electron chi connectivity index (χ1n) is 3.10. The van der Waals surface area contributed by atoms with Gasteiger partial charge in [0.25, 0.3) is 0 Å². The van der Waals surface area contributed by atoms with E-state index in [1.54, 1.807) is 11.0 Å². The lowest BCUT2D eigenvalue weighted by atomic mass is 10.4. The molecule has 0 aliphatic rings. The lowest BCUT2D eigenvalue weighted by Crippen LogP contribution is -2.11. The van der Waals surface area contributed by atoms with Gasteiger partial charge >= 0.3 is 0 Å². The van der Waals surface area contributed by atoms with E-state index >= 15 is 0 Å². The lowest BCUT2D eigenvalue weighted by molar-refractivity contribution is 0.582. The van der Waals surface area contributed by atoms with Gasteiger partial charge in [-0.25, -0.2) is 4.98 Å². The van der Waals surface area contributed by atoms with Crippen LogP contribution in [0.25, 0.3) is 0 Å². The molecule has 1 aromatic rings. The fourth-order valence-corrected chi connectivity index (χ4v) is 1.08. The second-order valence-corrected chi connectivity index (χ2v) is 3.28. The Labute approximate surface area is 73.2 Å². The Balaban J connectivity index is 3.08. The van der Waals surface area contributed by atoms with Crippen molar-refractivity contribution in [3.63, 3.8) is 0 Å². The van der Waals surface area contributed by atoms with Crippen LogP contribution in [0.5, 0.6) is 0 Å².